The maximum Gasteiger partial charge on any atom is 0.306 e. The van der Waals surface area contributed by atoms with Gasteiger partial charge in [0.05, 0.1) is 12.5 Å². The van der Waals surface area contributed by atoms with Crippen LogP contribution in [0.4, 0.5) is 5.69 Å². The van der Waals surface area contributed by atoms with Gasteiger partial charge in [0.2, 0.25) is 5.91 Å². The summed E-state index contributed by atoms with van der Waals surface area (Å²) in [4.78, 5) is 27.6. The Kier molecular flexibility index (Phi) is 5.65. The number of halogens is 1. The van der Waals surface area contributed by atoms with Crippen LogP contribution in [-0.4, -0.2) is 47.6 Å². The minimum atomic E-state index is -0.715. The third-order valence-corrected chi connectivity index (χ3v) is 4.77. The van der Waals surface area contributed by atoms with Crippen molar-refractivity contribution in [1.29, 1.82) is 0 Å². The van der Waals surface area contributed by atoms with E-state index in [1.165, 1.54) is 5.56 Å². The molecule has 0 bridgehead atoms. The third kappa shape index (κ3) is 3.67. The van der Waals surface area contributed by atoms with E-state index < -0.39 is 5.97 Å². The summed E-state index contributed by atoms with van der Waals surface area (Å²) in [6, 6.07) is 8.26. The van der Waals surface area contributed by atoms with Gasteiger partial charge in [-0.25, -0.2) is 0 Å². The molecule has 1 amide bonds. The number of nitrogens with zero attached hydrogens (tertiary/aromatic N) is 2. The predicted octanol–water partition coefficient (Wildman–Crippen LogP) is 2.18. The summed E-state index contributed by atoms with van der Waals surface area (Å²) in [5, 5.41) is 9.03. The van der Waals surface area contributed by atoms with E-state index in [4.69, 9.17) is 5.11 Å². The van der Waals surface area contributed by atoms with Gasteiger partial charge < -0.3 is 10.0 Å². The second-order valence-electron chi connectivity index (χ2n) is 6.33. The lowest BCUT2D eigenvalue weighted by atomic mass is 9.97. The highest BCUT2D eigenvalue weighted by Crippen LogP contribution is 2.32. The first kappa shape index (κ1) is 17.8. The quantitative estimate of drug-likeness (QED) is 0.917. The summed E-state index contributed by atoms with van der Waals surface area (Å²) < 4.78 is 0. The second-order valence-corrected chi connectivity index (χ2v) is 6.33. The van der Waals surface area contributed by atoms with Crippen molar-refractivity contribution in [3.05, 3.63) is 29.8 Å². The molecule has 0 aromatic heterocycles. The molecular formula is C17H23ClN2O3. The Hall–Kier alpha value is -1.59. The van der Waals surface area contributed by atoms with Crippen molar-refractivity contribution >= 4 is 30.0 Å². The molecule has 2 aliphatic rings. The Labute approximate surface area is 142 Å². The maximum absolute atomic E-state index is 12.7. The number of carbonyl (C=O) groups is 2. The fourth-order valence-corrected chi connectivity index (χ4v) is 3.55. The summed E-state index contributed by atoms with van der Waals surface area (Å²) >= 11 is 0. The molecule has 1 atom stereocenters. The van der Waals surface area contributed by atoms with E-state index in [0.29, 0.717) is 32.5 Å². The number of para-hydroxylation sites is 1. The lowest BCUT2D eigenvalue weighted by molar-refractivity contribution is -0.143. The molecule has 6 heteroatoms. The predicted molar refractivity (Wildman–Crippen MR) is 91.1 cm³/mol. The number of aliphatic carboxylic acids is 1. The van der Waals surface area contributed by atoms with E-state index in [-0.39, 0.29) is 30.3 Å². The number of carboxylic acids is 1. The number of hydrogen-bond donors (Lipinski definition) is 1. The maximum atomic E-state index is 12.7. The summed E-state index contributed by atoms with van der Waals surface area (Å²) in [6.07, 6.45) is 2.17. The van der Waals surface area contributed by atoms with Crippen LogP contribution in [0.5, 0.6) is 0 Å². The van der Waals surface area contributed by atoms with Crippen molar-refractivity contribution in [2.24, 2.45) is 5.92 Å². The number of fused-ring (bicyclic) bond motifs is 1. The van der Waals surface area contributed by atoms with Crippen molar-refractivity contribution in [2.75, 3.05) is 24.5 Å². The topological polar surface area (TPSA) is 60.9 Å². The van der Waals surface area contributed by atoms with E-state index in [1.54, 1.807) is 0 Å². The fourth-order valence-electron chi connectivity index (χ4n) is 3.55. The van der Waals surface area contributed by atoms with Gasteiger partial charge in [0.15, 0.2) is 0 Å². The number of benzene rings is 1. The number of hydrogen-bond acceptors (Lipinski definition) is 3. The molecule has 0 aliphatic carbocycles. The molecule has 0 spiro atoms. The minimum absolute atomic E-state index is 0. The van der Waals surface area contributed by atoms with Gasteiger partial charge in [0.1, 0.15) is 0 Å². The van der Waals surface area contributed by atoms with Crippen molar-refractivity contribution in [3.63, 3.8) is 0 Å². The van der Waals surface area contributed by atoms with Crippen LogP contribution in [0.2, 0.25) is 0 Å². The average Bonchev–Trinajstić information content (AvgIpc) is 2.83. The van der Waals surface area contributed by atoms with Crippen LogP contribution in [0, 0.1) is 5.92 Å². The molecule has 0 radical (unpaired) electrons. The molecule has 2 heterocycles. The Morgan fingerprint density at radius 2 is 1.87 bits per heavy atom. The molecule has 126 valence electrons. The van der Waals surface area contributed by atoms with E-state index in [0.717, 1.165) is 12.1 Å². The van der Waals surface area contributed by atoms with Gasteiger partial charge in [0.25, 0.3) is 0 Å². The zero-order valence-electron chi connectivity index (χ0n) is 13.3. The number of piperidine rings is 1. The van der Waals surface area contributed by atoms with Crippen molar-refractivity contribution in [3.8, 4) is 0 Å². The molecule has 5 nitrogen and oxygen atoms in total. The molecular weight excluding hydrogens is 316 g/mol. The largest absolute Gasteiger partial charge is 0.481 e. The molecule has 1 fully saturated rings. The molecule has 2 aliphatic heterocycles. The number of anilines is 1. The SMILES string of the molecule is CC1Cc2ccccc2N1C(=O)CN1CCC(C(=O)O)CC1.Cl. The third-order valence-electron chi connectivity index (χ3n) is 4.77. The Morgan fingerprint density at radius 3 is 2.52 bits per heavy atom. The van der Waals surface area contributed by atoms with Crippen LogP contribution >= 0.6 is 12.4 Å². The van der Waals surface area contributed by atoms with Crippen LogP contribution in [0.25, 0.3) is 0 Å². The zero-order valence-corrected chi connectivity index (χ0v) is 14.1. The average molecular weight is 339 g/mol. The Morgan fingerprint density at radius 1 is 1.22 bits per heavy atom. The van der Waals surface area contributed by atoms with Gasteiger partial charge in [-0.05, 0) is 50.9 Å². The van der Waals surface area contributed by atoms with Gasteiger partial charge in [-0.1, -0.05) is 18.2 Å². The van der Waals surface area contributed by atoms with Crippen LogP contribution in [0.3, 0.4) is 0 Å². The van der Waals surface area contributed by atoms with Crippen LogP contribution in [0.1, 0.15) is 25.3 Å². The first-order valence-corrected chi connectivity index (χ1v) is 7.91. The summed E-state index contributed by atoms with van der Waals surface area (Å²) in [7, 11) is 0. The van der Waals surface area contributed by atoms with E-state index >= 15 is 0 Å². The molecule has 1 saturated heterocycles. The highest BCUT2D eigenvalue weighted by molar-refractivity contribution is 5.97. The molecule has 1 aromatic carbocycles. The molecule has 0 saturated carbocycles. The number of carboxylic acid groups (broad SMARTS) is 1. The minimum Gasteiger partial charge on any atom is -0.481 e. The van der Waals surface area contributed by atoms with Crippen molar-refractivity contribution in [2.45, 2.75) is 32.2 Å². The molecule has 1 unspecified atom stereocenters. The highest BCUT2D eigenvalue weighted by atomic mass is 35.5. The number of likely N-dealkylation sites (tertiary alicyclic amines) is 1. The fraction of sp³-hybridized carbons (Fsp3) is 0.529. The first-order valence-electron chi connectivity index (χ1n) is 7.91. The normalized spacial score (nSPS) is 21.6. The van der Waals surface area contributed by atoms with E-state index in [2.05, 4.69) is 17.9 Å². The van der Waals surface area contributed by atoms with Crippen molar-refractivity contribution < 1.29 is 14.7 Å². The molecule has 1 N–H and O–H groups in total. The number of amides is 1. The second kappa shape index (κ2) is 7.32. The molecule has 3 rings (SSSR count). The zero-order chi connectivity index (χ0) is 15.7. The smallest absolute Gasteiger partial charge is 0.306 e. The van der Waals surface area contributed by atoms with Gasteiger partial charge in [-0.3, -0.25) is 14.5 Å². The molecule has 1 aromatic rings. The monoisotopic (exact) mass is 338 g/mol. The summed E-state index contributed by atoms with van der Waals surface area (Å²) in [5.74, 6) is -0.850. The van der Waals surface area contributed by atoms with Gasteiger partial charge in [0, 0.05) is 11.7 Å². The molecule has 23 heavy (non-hydrogen) atoms. The number of carbonyl (C=O) groups excluding carboxylic acids is 1. The van der Waals surface area contributed by atoms with E-state index in [1.807, 2.05) is 23.1 Å². The lowest BCUT2D eigenvalue weighted by Crippen LogP contribution is -2.46. The summed E-state index contributed by atoms with van der Waals surface area (Å²) in [5.41, 5.74) is 2.26. The van der Waals surface area contributed by atoms with Gasteiger partial charge in [-0.2, -0.15) is 0 Å². The highest BCUT2D eigenvalue weighted by Gasteiger charge is 2.32. The Bertz CT molecular complexity index is 585. The van der Waals surface area contributed by atoms with Gasteiger partial charge in [-0.15, -0.1) is 12.4 Å². The summed E-state index contributed by atoms with van der Waals surface area (Å²) in [6.45, 7) is 3.83. The standard InChI is InChI=1S/C17H22N2O3.ClH/c1-12-10-14-4-2-3-5-15(14)19(12)16(20)11-18-8-6-13(7-9-18)17(21)22;/h2-5,12-13H,6-11H2,1H3,(H,21,22);1H. The van der Waals surface area contributed by atoms with Crippen LogP contribution in [-0.2, 0) is 16.0 Å². The lowest BCUT2D eigenvalue weighted by Gasteiger charge is -2.32. The van der Waals surface area contributed by atoms with E-state index in [9.17, 15) is 9.59 Å². The first-order chi connectivity index (χ1) is 10.6. The van der Waals surface area contributed by atoms with Crippen LogP contribution in [0.15, 0.2) is 24.3 Å². The van der Waals surface area contributed by atoms with Crippen LogP contribution < -0.4 is 4.90 Å². The van der Waals surface area contributed by atoms with Crippen molar-refractivity contribution in [1.82, 2.24) is 4.90 Å². The van der Waals surface area contributed by atoms with Gasteiger partial charge >= 0.3 is 5.97 Å². The Balaban J connectivity index is 0.00000192. The number of rotatable bonds is 3.